The summed E-state index contributed by atoms with van der Waals surface area (Å²) in [6.07, 6.45) is -3.37. The van der Waals surface area contributed by atoms with Gasteiger partial charge in [-0.3, -0.25) is 4.98 Å². The first-order valence-corrected chi connectivity index (χ1v) is 9.79. The summed E-state index contributed by atoms with van der Waals surface area (Å²) >= 11 is 0. The van der Waals surface area contributed by atoms with Crippen LogP contribution in [0.4, 0.5) is 24.5 Å². The molecule has 0 aliphatic carbocycles. The van der Waals surface area contributed by atoms with Crippen LogP contribution < -0.4 is 10.6 Å². The van der Waals surface area contributed by atoms with Crippen molar-refractivity contribution in [3.8, 4) is 11.3 Å². The zero-order valence-electron chi connectivity index (χ0n) is 17.1. The van der Waals surface area contributed by atoms with E-state index in [-0.39, 0.29) is 11.9 Å². The number of benzene rings is 2. The summed E-state index contributed by atoms with van der Waals surface area (Å²) in [7, 11) is 3.88. The zero-order chi connectivity index (χ0) is 22.0. The maximum atomic E-state index is 13.5. The number of fused-ring (bicyclic) bond motifs is 1. The van der Waals surface area contributed by atoms with Crippen molar-refractivity contribution in [2.75, 3.05) is 31.3 Å². The van der Waals surface area contributed by atoms with Crippen LogP contribution >= 0.6 is 0 Å². The maximum Gasteiger partial charge on any atom is 0.418 e. The van der Waals surface area contributed by atoms with E-state index in [1.54, 1.807) is 18.2 Å². The number of aliphatic imine (C=N–C) groups is 1. The van der Waals surface area contributed by atoms with E-state index in [0.717, 1.165) is 17.3 Å². The van der Waals surface area contributed by atoms with Gasteiger partial charge >= 0.3 is 6.18 Å². The SMILES string of the molecule is CN(C)CC1N=C(Nc2ccccc2)c2ccc(-c3ncccc3C(F)(F)F)cc2N1. The first-order chi connectivity index (χ1) is 14.8. The Morgan fingerprint density at radius 1 is 1.03 bits per heavy atom. The molecule has 1 atom stereocenters. The summed E-state index contributed by atoms with van der Waals surface area (Å²) in [4.78, 5) is 10.8. The Morgan fingerprint density at radius 2 is 1.81 bits per heavy atom. The number of alkyl halides is 3. The van der Waals surface area contributed by atoms with Gasteiger partial charge < -0.3 is 15.5 Å². The molecule has 0 radical (unpaired) electrons. The van der Waals surface area contributed by atoms with Crippen molar-refractivity contribution in [1.82, 2.24) is 9.88 Å². The molecule has 1 aliphatic rings. The third kappa shape index (κ3) is 4.69. The number of likely N-dealkylation sites (N-methyl/N-ethyl adjacent to an activating group) is 1. The number of rotatable bonds is 4. The van der Waals surface area contributed by atoms with Crippen LogP contribution in [0.15, 0.2) is 71.9 Å². The summed E-state index contributed by atoms with van der Waals surface area (Å²) in [6.45, 7) is 0.626. The molecule has 1 unspecified atom stereocenters. The van der Waals surface area contributed by atoms with E-state index < -0.39 is 11.7 Å². The normalized spacial score (nSPS) is 15.8. The van der Waals surface area contributed by atoms with Gasteiger partial charge in [0.05, 0.1) is 11.3 Å². The van der Waals surface area contributed by atoms with Gasteiger partial charge in [0.2, 0.25) is 0 Å². The average Bonchev–Trinajstić information content (AvgIpc) is 2.73. The second-order valence-corrected chi connectivity index (χ2v) is 7.55. The van der Waals surface area contributed by atoms with Gasteiger partial charge in [-0.05, 0) is 50.5 Å². The highest BCUT2D eigenvalue weighted by molar-refractivity contribution is 6.13. The Labute approximate surface area is 178 Å². The Hall–Kier alpha value is -3.39. The predicted octanol–water partition coefficient (Wildman–Crippen LogP) is 4.94. The summed E-state index contributed by atoms with van der Waals surface area (Å²) < 4.78 is 40.5. The zero-order valence-corrected chi connectivity index (χ0v) is 17.1. The molecule has 2 N–H and O–H groups in total. The quantitative estimate of drug-likeness (QED) is 0.622. The molecule has 5 nitrogen and oxygen atoms in total. The van der Waals surface area contributed by atoms with Crippen molar-refractivity contribution in [3.63, 3.8) is 0 Å². The Balaban J connectivity index is 1.75. The maximum absolute atomic E-state index is 13.5. The molecule has 0 fully saturated rings. The molecular formula is C23H22F3N5. The van der Waals surface area contributed by atoms with Gasteiger partial charge in [-0.1, -0.05) is 24.3 Å². The van der Waals surface area contributed by atoms with E-state index in [1.165, 1.54) is 12.3 Å². The molecule has 31 heavy (non-hydrogen) atoms. The smallest absolute Gasteiger partial charge is 0.362 e. The number of amidine groups is 1. The highest BCUT2D eigenvalue weighted by atomic mass is 19.4. The summed E-state index contributed by atoms with van der Waals surface area (Å²) in [5, 5.41) is 6.67. The number of halogens is 3. The van der Waals surface area contributed by atoms with E-state index in [1.807, 2.05) is 49.3 Å². The van der Waals surface area contributed by atoms with Gasteiger partial charge in [0.25, 0.3) is 0 Å². The number of hydrogen-bond acceptors (Lipinski definition) is 5. The Kier molecular flexibility index (Phi) is 5.65. The number of para-hydroxylation sites is 1. The molecule has 4 rings (SSSR count). The van der Waals surface area contributed by atoms with E-state index in [4.69, 9.17) is 4.99 Å². The summed E-state index contributed by atoms with van der Waals surface area (Å²) in [6, 6.07) is 17.1. The fourth-order valence-corrected chi connectivity index (χ4v) is 3.51. The molecule has 3 aromatic rings. The fourth-order valence-electron chi connectivity index (χ4n) is 3.51. The second-order valence-electron chi connectivity index (χ2n) is 7.55. The molecule has 0 spiro atoms. The molecule has 2 heterocycles. The van der Waals surface area contributed by atoms with E-state index >= 15 is 0 Å². The molecule has 0 bridgehead atoms. The lowest BCUT2D eigenvalue weighted by Crippen LogP contribution is -2.36. The molecule has 0 saturated carbocycles. The average molecular weight is 425 g/mol. The monoisotopic (exact) mass is 425 g/mol. The minimum Gasteiger partial charge on any atom is -0.362 e. The summed E-state index contributed by atoms with van der Waals surface area (Å²) in [5.41, 5.74) is 1.91. The lowest BCUT2D eigenvalue weighted by Gasteiger charge is -2.28. The van der Waals surface area contributed by atoms with Gasteiger partial charge in [-0.25, -0.2) is 4.99 Å². The van der Waals surface area contributed by atoms with E-state index in [0.29, 0.717) is 23.6 Å². The van der Waals surface area contributed by atoms with E-state index in [9.17, 15) is 13.2 Å². The van der Waals surface area contributed by atoms with Crippen molar-refractivity contribution in [1.29, 1.82) is 0 Å². The first kappa shape index (κ1) is 20.9. The Morgan fingerprint density at radius 3 is 2.52 bits per heavy atom. The van der Waals surface area contributed by atoms with Crippen LogP contribution in [-0.2, 0) is 6.18 Å². The van der Waals surface area contributed by atoms with Gasteiger partial charge in [-0.15, -0.1) is 0 Å². The number of nitrogens with zero attached hydrogens (tertiary/aromatic N) is 3. The van der Waals surface area contributed by atoms with Crippen LogP contribution in [0, 0.1) is 0 Å². The van der Waals surface area contributed by atoms with Gasteiger partial charge in [0.1, 0.15) is 12.0 Å². The van der Waals surface area contributed by atoms with Crippen molar-refractivity contribution in [2.45, 2.75) is 12.3 Å². The second kappa shape index (κ2) is 8.39. The van der Waals surface area contributed by atoms with Gasteiger partial charge in [0, 0.05) is 35.2 Å². The van der Waals surface area contributed by atoms with Gasteiger partial charge in [-0.2, -0.15) is 13.2 Å². The molecule has 1 aromatic heterocycles. The molecule has 8 heteroatoms. The van der Waals surface area contributed by atoms with Crippen LogP contribution in [0.2, 0.25) is 0 Å². The molecule has 1 aliphatic heterocycles. The molecule has 2 aromatic carbocycles. The number of pyridine rings is 1. The highest BCUT2D eigenvalue weighted by Crippen LogP contribution is 2.37. The van der Waals surface area contributed by atoms with Crippen LogP contribution in [0.1, 0.15) is 11.1 Å². The van der Waals surface area contributed by atoms with Crippen LogP contribution in [-0.4, -0.2) is 42.5 Å². The Bertz CT molecular complexity index is 1090. The minimum atomic E-state index is -4.48. The molecule has 0 amide bonds. The van der Waals surface area contributed by atoms with Crippen LogP contribution in [0.25, 0.3) is 11.3 Å². The number of aromatic nitrogens is 1. The standard InChI is InChI=1S/C23H22F3N5/c1-31(2)14-20-29-19-13-15(21-18(23(24,25)26)9-6-12-27-21)10-11-17(19)22(30-20)28-16-7-4-3-5-8-16/h3-13,20,29H,14H2,1-2H3,(H,28,30). The molecular weight excluding hydrogens is 403 g/mol. The fraction of sp³-hybridized carbons (Fsp3) is 0.217. The summed E-state index contributed by atoms with van der Waals surface area (Å²) in [5.74, 6) is 0.662. The third-order valence-corrected chi connectivity index (χ3v) is 4.84. The van der Waals surface area contributed by atoms with Crippen LogP contribution in [0.3, 0.4) is 0 Å². The van der Waals surface area contributed by atoms with E-state index in [2.05, 4.69) is 15.6 Å². The van der Waals surface area contributed by atoms with Crippen molar-refractivity contribution < 1.29 is 13.2 Å². The van der Waals surface area contributed by atoms with Crippen LogP contribution in [0.5, 0.6) is 0 Å². The topological polar surface area (TPSA) is 52.5 Å². The lowest BCUT2D eigenvalue weighted by molar-refractivity contribution is -0.137. The van der Waals surface area contributed by atoms with Crippen molar-refractivity contribution in [3.05, 3.63) is 78.0 Å². The third-order valence-electron chi connectivity index (χ3n) is 4.84. The van der Waals surface area contributed by atoms with Crippen molar-refractivity contribution in [2.24, 2.45) is 4.99 Å². The highest BCUT2D eigenvalue weighted by Gasteiger charge is 2.34. The molecule has 160 valence electrons. The number of nitrogens with one attached hydrogen (secondary N) is 2. The van der Waals surface area contributed by atoms with Crippen molar-refractivity contribution >= 4 is 17.2 Å². The predicted molar refractivity (Wildman–Crippen MR) is 117 cm³/mol. The number of hydrogen-bond donors (Lipinski definition) is 2. The largest absolute Gasteiger partial charge is 0.418 e. The first-order valence-electron chi connectivity index (χ1n) is 9.79. The van der Waals surface area contributed by atoms with Gasteiger partial charge in [0.15, 0.2) is 0 Å². The number of anilines is 2. The molecule has 0 saturated heterocycles. The lowest BCUT2D eigenvalue weighted by atomic mass is 10.0. The minimum absolute atomic E-state index is 0.0937.